The lowest BCUT2D eigenvalue weighted by molar-refractivity contribution is -0.121. The quantitative estimate of drug-likeness (QED) is 0.852. The topological polar surface area (TPSA) is 64.7 Å². The molecule has 148 valence electrons. The molecule has 6 nitrogen and oxygen atoms in total. The van der Waals surface area contributed by atoms with E-state index in [2.05, 4.69) is 53.6 Å². The van der Waals surface area contributed by atoms with Crippen molar-refractivity contribution in [3.05, 3.63) is 35.4 Å². The van der Waals surface area contributed by atoms with Crippen molar-refractivity contribution < 1.29 is 9.59 Å². The minimum Gasteiger partial charge on any atom is -0.354 e. The third-order valence-electron chi connectivity index (χ3n) is 5.72. The summed E-state index contributed by atoms with van der Waals surface area (Å²) in [6.45, 7) is 8.47. The van der Waals surface area contributed by atoms with Crippen molar-refractivity contribution in [2.24, 2.45) is 5.92 Å². The van der Waals surface area contributed by atoms with Gasteiger partial charge in [0.15, 0.2) is 0 Å². The van der Waals surface area contributed by atoms with Gasteiger partial charge < -0.3 is 15.5 Å². The Balaban J connectivity index is 1.66. The third-order valence-corrected chi connectivity index (χ3v) is 5.72. The molecule has 6 heteroatoms. The Bertz CT molecular complexity index is 638. The van der Waals surface area contributed by atoms with E-state index >= 15 is 0 Å². The molecular formula is C21H32N4O2. The van der Waals surface area contributed by atoms with Crippen molar-refractivity contribution in [1.82, 2.24) is 20.4 Å². The van der Waals surface area contributed by atoms with Crippen LogP contribution in [-0.4, -0.2) is 61.0 Å². The molecule has 2 fully saturated rings. The highest BCUT2D eigenvalue weighted by Crippen LogP contribution is 2.26. The molecule has 3 rings (SSSR count). The van der Waals surface area contributed by atoms with Crippen molar-refractivity contribution in [2.45, 2.75) is 39.2 Å². The van der Waals surface area contributed by atoms with E-state index in [1.54, 1.807) is 4.90 Å². The Kier molecular flexibility index (Phi) is 6.72. The van der Waals surface area contributed by atoms with E-state index in [1.807, 2.05) is 0 Å². The molecule has 0 aromatic heterocycles. The highest BCUT2D eigenvalue weighted by Gasteiger charge is 2.26. The lowest BCUT2D eigenvalue weighted by atomic mass is 9.95. The summed E-state index contributed by atoms with van der Waals surface area (Å²) in [5, 5.41) is 5.90. The number of hydrogen-bond donors (Lipinski definition) is 2. The van der Waals surface area contributed by atoms with E-state index in [4.69, 9.17) is 0 Å². The van der Waals surface area contributed by atoms with Crippen LogP contribution in [0.3, 0.4) is 0 Å². The first-order valence-electron chi connectivity index (χ1n) is 10.1. The lowest BCUT2D eigenvalue weighted by Gasteiger charge is -2.37. The van der Waals surface area contributed by atoms with E-state index in [1.165, 1.54) is 24.0 Å². The van der Waals surface area contributed by atoms with Crippen molar-refractivity contribution in [3.8, 4) is 0 Å². The Morgan fingerprint density at radius 1 is 1.22 bits per heavy atom. The van der Waals surface area contributed by atoms with Crippen LogP contribution in [0.1, 0.15) is 43.4 Å². The second kappa shape index (κ2) is 9.22. The van der Waals surface area contributed by atoms with Gasteiger partial charge in [0.2, 0.25) is 5.91 Å². The number of likely N-dealkylation sites (tertiary alicyclic amines) is 1. The molecule has 2 heterocycles. The number of urea groups is 1. The Morgan fingerprint density at radius 3 is 2.63 bits per heavy atom. The minimum atomic E-state index is -0.144. The molecule has 2 N–H and O–H groups in total. The van der Waals surface area contributed by atoms with Gasteiger partial charge in [-0.2, -0.15) is 0 Å². The number of benzene rings is 1. The van der Waals surface area contributed by atoms with Gasteiger partial charge in [0, 0.05) is 19.6 Å². The molecule has 0 aliphatic carbocycles. The fraction of sp³-hybridized carbons (Fsp3) is 0.619. The van der Waals surface area contributed by atoms with Crippen LogP contribution in [0.5, 0.6) is 0 Å². The van der Waals surface area contributed by atoms with Gasteiger partial charge in [-0.3, -0.25) is 9.69 Å². The number of nitrogens with zero attached hydrogens (tertiary/aromatic N) is 2. The Labute approximate surface area is 162 Å². The third kappa shape index (κ3) is 5.45. The van der Waals surface area contributed by atoms with Gasteiger partial charge in [-0.1, -0.05) is 36.8 Å². The zero-order chi connectivity index (χ0) is 19.2. The summed E-state index contributed by atoms with van der Waals surface area (Å²) in [7, 11) is 0. The van der Waals surface area contributed by atoms with Crippen molar-refractivity contribution in [2.75, 3.05) is 39.3 Å². The molecule has 0 radical (unpaired) electrons. The molecule has 0 spiro atoms. The maximum absolute atomic E-state index is 12.6. The number of carbonyl (C=O) groups is 2. The highest BCUT2D eigenvalue weighted by molar-refractivity contribution is 5.84. The van der Waals surface area contributed by atoms with Gasteiger partial charge in [-0.15, -0.1) is 0 Å². The molecule has 1 aromatic carbocycles. The first kappa shape index (κ1) is 19.7. The molecule has 0 bridgehead atoms. The molecule has 27 heavy (non-hydrogen) atoms. The zero-order valence-corrected chi connectivity index (χ0v) is 16.5. The van der Waals surface area contributed by atoms with Gasteiger partial charge in [-0.25, -0.2) is 4.79 Å². The van der Waals surface area contributed by atoms with E-state index in [9.17, 15) is 9.59 Å². The molecule has 2 aliphatic heterocycles. The zero-order valence-electron chi connectivity index (χ0n) is 16.5. The first-order chi connectivity index (χ1) is 13.0. The Hall–Kier alpha value is -2.08. The van der Waals surface area contributed by atoms with Gasteiger partial charge in [-0.05, 0) is 50.8 Å². The van der Waals surface area contributed by atoms with Crippen LogP contribution >= 0.6 is 0 Å². The SMILES string of the molecule is Cc1ccc([C@H](CNC(=O)N2CCCNC(=O)C2)N2CCC(C)CC2)cc1. The van der Waals surface area contributed by atoms with Gasteiger partial charge in [0.05, 0.1) is 6.04 Å². The van der Waals surface area contributed by atoms with Crippen LogP contribution in [0, 0.1) is 12.8 Å². The second-order valence-corrected chi connectivity index (χ2v) is 7.96. The molecular weight excluding hydrogens is 340 g/mol. The van der Waals surface area contributed by atoms with Gasteiger partial charge >= 0.3 is 6.03 Å². The smallest absolute Gasteiger partial charge is 0.317 e. The summed E-state index contributed by atoms with van der Waals surface area (Å²) in [5.41, 5.74) is 2.48. The van der Waals surface area contributed by atoms with Crippen LogP contribution in [0.15, 0.2) is 24.3 Å². The molecule has 1 aromatic rings. The Morgan fingerprint density at radius 2 is 1.93 bits per heavy atom. The predicted molar refractivity (Wildman–Crippen MR) is 106 cm³/mol. The van der Waals surface area contributed by atoms with Crippen LogP contribution in [0.25, 0.3) is 0 Å². The summed E-state index contributed by atoms with van der Waals surface area (Å²) < 4.78 is 0. The first-order valence-corrected chi connectivity index (χ1v) is 10.1. The molecule has 3 amide bonds. The molecule has 1 atom stereocenters. The second-order valence-electron chi connectivity index (χ2n) is 7.96. The summed E-state index contributed by atoms with van der Waals surface area (Å²) in [5.74, 6) is 0.688. The van der Waals surface area contributed by atoms with Crippen LogP contribution < -0.4 is 10.6 Å². The largest absolute Gasteiger partial charge is 0.354 e. The fourth-order valence-electron chi connectivity index (χ4n) is 3.86. The van der Waals surface area contributed by atoms with Crippen LogP contribution in [0.4, 0.5) is 4.79 Å². The summed E-state index contributed by atoms with van der Waals surface area (Å²) in [4.78, 5) is 28.5. The minimum absolute atomic E-state index is 0.0808. The molecule has 2 saturated heterocycles. The number of carbonyl (C=O) groups excluding carboxylic acids is 2. The summed E-state index contributed by atoms with van der Waals surface area (Å²) >= 11 is 0. The predicted octanol–water partition coefficient (Wildman–Crippen LogP) is 2.30. The van der Waals surface area contributed by atoms with E-state index in [0.717, 1.165) is 25.4 Å². The average molecular weight is 373 g/mol. The number of piperidine rings is 1. The number of hydrogen-bond acceptors (Lipinski definition) is 3. The van der Waals surface area contributed by atoms with Crippen molar-refractivity contribution in [3.63, 3.8) is 0 Å². The molecule has 0 saturated carbocycles. The maximum Gasteiger partial charge on any atom is 0.317 e. The summed E-state index contributed by atoms with van der Waals surface area (Å²) in [6, 6.07) is 8.64. The van der Waals surface area contributed by atoms with E-state index in [-0.39, 0.29) is 24.5 Å². The fourth-order valence-corrected chi connectivity index (χ4v) is 3.86. The lowest BCUT2D eigenvalue weighted by Crippen LogP contribution is -2.47. The normalized spacial score (nSPS) is 20.7. The average Bonchev–Trinajstić information content (AvgIpc) is 2.89. The van der Waals surface area contributed by atoms with Gasteiger partial charge in [0.25, 0.3) is 0 Å². The highest BCUT2D eigenvalue weighted by atomic mass is 16.2. The number of rotatable bonds is 4. The monoisotopic (exact) mass is 372 g/mol. The standard InChI is InChI=1S/C21H32N4O2/c1-16-4-6-18(7-5-16)19(24-12-8-17(2)9-13-24)14-23-21(27)25-11-3-10-22-20(26)15-25/h4-7,17,19H,3,8-15H2,1-2H3,(H,22,26)(H,23,27)/t19-/m0/s1. The van der Waals surface area contributed by atoms with Crippen LogP contribution in [-0.2, 0) is 4.79 Å². The molecule has 2 aliphatic rings. The van der Waals surface area contributed by atoms with Crippen LogP contribution in [0.2, 0.25) is 0 Å². The van der Waals surface area contributed by atoms with Gasteiger partial charge in [0.1, 0.15) is 6.54 Å². The number of nitrogens with one attached hydrogen (secondary N) is 2. The van der Waals surface area contributed by atoms with E-state index in [0.29, 0.717) is 19.6 Å². The number of amides is 3. The van der Waals surface area contributed by atoms with Crippen molar-refractivity contribution in [1.29, 1.82) is 0 Å². The maximum atomic E-state index is 12.6. The molecule has 0 unspecified atom stereocenters. The summed E-state index contributed by atoms with van der Waals surface area (Å²) in [6.07, 6.45) is 3.19. The van der Waals surface area contributed by atoms with E-state index < -0.39 is 0 Å². The van der Waals surface area contributed by atoms with Crippen molar-refractivity contribution >= 4 is 11.9 Å². The number of aryl methyl sites for hydroxylation is 1.